The van der Waals surface area contributed by atoms with Gasteiger partial charge in [-0.05, 0) is 26.7 Å². The maximum absolute atomic E-state index is 13.1. The van der Waals surface area contributed by atoms with E-state index in [2.05, 4.69) is 5.32 Å². The fourth-order valence-electron chi connectivity index (χ4n) is 2.39. The van der Waals surface area contributed by atoms with Crippen molar-refractivity contribution in [2.45, 2.75) is 50.8 Å². The van der Waals surface area contributed by atoms with Gasteiger partial charge in [-0.2, -0.15) is 0 Å². The van der Waals surface area contributed by atoms with Crippen LogP contribution in [0.15, 0.2) is 18.2 Å². The third-order valence-electron chi connectivity index (χ3n) is 3.39. The Bertz CT molecular complexity index is 445. The third-order valence-corrected chi connectivity index (χ3v) is 3.39. The van der Waals surface area contributed by atoms with Crippen molar-refractivity contribution in [3.05, 3.63) is 29.8 Å². The van der Waals surface area contributed by atoms with Gasteiger partial charge in [-0.1, -0.05) is 0 Å². The van der Waals surface area contributed by atoms with Gasteiger partial charge in [-0.3, -0.25) is 0 Å². The first-order valence-electron chi connectivity index (χ1n) is 6.91. The summed E-state index contributed by atoms with van der Waals surface area (Å²) in [5.41, 5.74) is -0.438. The Labute approximate surface area is 117 Å². The minimum Gasteiger partial charge on any atom is -0.490 e. The summed E-state index contributed by atoms with van der Waals surface area (Å²) < 4.78 is 31.7. The van der Waals surface area contributed by atoms with E-state index in [1.54, 1.807) is 0 Å². The number of rotatable bonds is 7. The summed E-state index contributed by atoms with van der Waals surface area (Å²) in [6.07, 6.45) is 2.54. The van der Waals surface area contributed by atoms with Gasteiger partial charge in [0.2, 0.25) is 0 Å². The second kappa shape index (κ2) is 6.06. The van der Waals surface area contributed by atoms with E-state index in [-0.39, 0.29) is 18.5 Å². The highest BCUT2D eigenvalue weighted by molar-refractivity contribution is 5.24. The summed E-state index contributed by atoms with van der Waals surface area (Å²) in [5, 5.41) is 12.9. The van der Waals surface area contributed by atoms with Crippen molar-refractivity contribution in [3.63, 3.8) is 0 Å². The van der Waals surface area contributed by atoms with Crippen LogP contribution in [-0.4, -0.2) is 29.4 Å². The molecule has 0 aromatic heterocycles. The van der Waals surface area contributed by atoms with E-state index in [0.29, 0.717) is 12.5 Å². The molecule has 0 spiro atoms. The van der Waals surface area contributed by atoms with Gasteiger partial charge in [-0.15, -0.1) is 0 Å². The lowest BCUT2D eigenvalue weighted by Gasteiger charge is -2.32. The predicted molar refractivity (Wildman–Crippen MR) is 72.7 cm³/mol. The zero-order valence-electron chi connectivity index (χ0n) is 11.8. The number of ether oxygens (including phenoxy) is 1. The lowest BCUT2D eigenvalue weighted by molar-refractivity contribution is 0.108. The molecule has 112 valence electrons. The molecule has 20 heavy (non-hydrogen) atoms. The van der Waals surface area contributed by atoms with Crippen molar-refractivity contribution < 1.29 is 18.6 Å². The van der Waals surface area contributed by atoms with Crippen molar-refractivity contribution in [2.75, 3.05) is 6.61 Å². The maximum atomic E-state index is 13.1. The van der Waals surface area contributed by atoms with Crippen molar-refractivity contribution in [1.29, 1.82) is 0 Å². The molecular formula is C15H21F2NO2. The molecule has 0 heterocycles. The second-order valence-corrected chi connectivity index (χ2v) is 5.88. The second-order valence-electron chi connectivity index (χ2n) is 5.88. The Hall–Kier alpha value is -1.20. The molecule has 1 fully saturated rings. The lowest BCUT2D eigenvalue weighted by atomic mass is 9.95. The first-order chi connectivity index (χ1) is 9.40. The molecule has 1 aromatic carbocycles. The summed E-state index contributed by atoms with van der Waals surface area (Å²) in [4.78, 5) is 0. The van der Waals surface area contributed by atoms with Crippen LogP contribution in [0.3, 0.4) is 0 Å². The number of hydrogen-bond donors (Lipinski definition) is 2. The fraction of sp³-hybridized carbons (Fsp3) is 0.600. The largest absolute Gasteiger partial charge is 0.490 e. The number of aliphatic hydroxyl groups is 1. The predicted octanol–water partition coefficient (Wildman–Crippen LogP) is 2.63. The van der Waals surface area contributed by atoms with Crippen LogP contribution in [0.5, 0.6) is 5.75 Å². The van der Waals surface area contributed by atoms with Gasteiger partial charge < -0.3 is 15.2 Å². The SMILES string of the molecule is CC(CC(C)(CO)NC1CC1)Oc1cc(F)cc(F)c1. The molecule has 2 rings (SSSR count). The van der Waals surface area contributed by atoms with Crippen LogP contribution in [0.1, 0.15) is 33.1 Å². The van der Waals surface area contributed by atoms with Crippen molar-refractivity contribution in [1.82, 2.24) is 5.32 Å². The van der Waals surface area contributed by atoms with E-state index in [4.69, 9.17) is 4.74 Å². The van der Waals surface area contributed by atoms with Crippen LogP contribution in [0.25, 0.3) is 0 Å². The molecule has 1 aliphatic rings. The first kappa shape index (κ1) is 15.2. The van der Waals surface area contributed by atoms with Crippen LogP contribution in [-0.2, 0) is 0 Å². The smallest absolute Gasteiger partial charge is 0.129 e. The van der Waals surface area contributed by atoms with Crippen molar-refractivity contribution >= 4 is 0 Å². The number of benzene rings is 1. The Morgan fingerprint density at radius 3 is 2.45 bits per heavy atom. The van der Waals surface area contributed by atoms with Gasteiger partial charge in [-0.25, -0.2) is 8.78 Å². The highest BCUT2D eigenvalue weighted by atomic mass is 19.1. The molecule has 2 atom stereocenters. The standard InChI is InChI=1S/C15H21F2NO2/c1-10(8-15(2,9-19)18-13-3-4-13)20-14-6-11(16)5-12(17)7-14/h5-7,10,13,18-19H,3-4,8-9H2,1-2H3. The lowest BCUT2D eigenvalue weighted by Crippen LogP contribution is -2.49. The summed E-state index contributed by atoms with van der Waals surface area (Å²) in [5.74, 6) is -1.15. The van der Waals surface area contributed by atoms with Gasteiger partial charge in [0.1, 0.15) is 17.4 Å². The molecule has 1 aliphatic carbocycles. The Balaban J connectivity index is 1.94. The van der Waals surface area contributed by atoms with Crippen LogP contribution in [0.4, 0.5) is 8.78 Å². The summed E-state index contributed by atoms with van der Waals surface area (Å²) in [6.45, 7) is 3.75. The van der Waals surface area contributed by atoms with Crippen LogP contribution < -0.4 is 10.1 Å². The molecule has 2 unspecified atom stereocenters. The van der Waals surface area contributed by atoms with E-state index in [0.717, 1.165) is 31.0 Å². The molecule has 0 saturated heterocycles. The average molecular weight is 285 g/mol. The highest BCUT2D eigenvalue weighted by Crippen LogP contribution is 2.26. The van der Waals surface area contributed by atoms with Crippen LogP contribution >= 0.6 is 0 Å². The molecule has 5 heteroatoms. The Morgan fingerprint density at radius 2 is 1.95 bits per heavy atom. The zero-order chi connectivity index (χ0) is 14.8. The van der Waals surface area contributed by atoms with Crippen LogP contribution in [0, 0.1) is 11.6 Å². The molecule has 1 saturated carbocycles. The molecular weight excluding hydrogens is 264 g/mol. The zero-order valence-corrected chi connectivity index (χ0v) is 11.8. The molecule has 2 N–H and O–H groups in total. The van der Waals surface area contributed by atoms with Gasteiger partial charge in [0, 0.05) is 36.2 Å². The Morgan fingerprint density at radius 1 is 1.35 bits per heavy atom. The van der Waals surface area contributed by atoms with Crippen molar-refractivity contribution in [2.24, 2.45) is 0 Å². The molecule has 0 aliphatic heterocycles. The van der Waals surface area contributed by atoms with Gasteiger partial charge in [0.15, 0.2) is 0 Å². The molecule has 0 radical (unpaired) electrons. The van der Waals surface area contributed by atoms with Crippen LogP contribution in [0.2, 0.25) is 0 Å². The van der Waals surface area contributed by atoms with E-state index in [1.165, 1.54) is 0 Å². The highest BCUT2D eigenvalue weighted by Gasteiger charge is 2.33. The fourth-order valence-corrected chi connectivity index (χ4v) is 2.39. The Kier molecular flexibility index (Phi) is 4.60. The minimum absolute atomic E-state index is 0.00525. The molecule has 1 aromatic rings. The maximum Gasteiger partial charge on any atom is 0.129 e. The van der Waals surface area contributed by atoms with E-state index >= 15 is 0 Å². The molecule has 0 amide bonds. The first-order valence-corrected chi connectivity index (χ1v) is 6.91. The topological polar surface area (TPSA) is 41.5 Å². The number of halogens is 2. The normalized spacial score (nSPS) is 19.4. The average Bonchev–Trinajstić information content (AvgIpc) is 3.10. The van der Waals surface area contributed by atoms with Gasteiger partial charge >= 0.3 is 0 Å². The molecule has 3 nitrogen and oxygen atoms in total. The summed E-state index contributed by atoms with van der Waals surface area (Å²) in [7, 11) is 0. The third kappa shape index (κ3) is 4.42. The number of nitrogens with one attached hydrogen (secondary N) is 1. The minimum atomic E-state index is -0.659. The monoisotopic (exact) mass is 285 g/mol. The van der Waals surface area contributed by atoms with E-state index in [1.807, 2.05) is 13.8 Å². The van der Waals surface area contributed by atoms with E-state index < -0.39 is 17.2 Å². The number of hydrogen-bond acceptors (Lipinski definition) is 3. The molecule has 0 bridgehead atoms. The van der Waals surface area contributed by atoms with Gasteiger partial charge in [0.25, 0.3) is 0 Å². The van der Waals surface area contributed by atoms with Gasteiger partial charge in [0.05, 0.1) is 12.7 Å². The number of aliphatic hydroxyl groups excluding tert-OH is 1. The summed E-state index contributed by atoms with van der Waals surface area (Å²) >= 11 is 0. The summed E-state index contributed by atoms with van der Waals surface area (Å²) in [6, 6.07) is 3.59. The quantitative estimate of drug-likeness (QED) is 0.809. The van der Waals surface area contributed by atoms with E-state index in [9.17, 15) is 13.9 Å². The van der Waals surface area contributed by atoms with Crippen molar-refractivity contribution in [3.8, 4) is 5.75 Å².